The second kappa shape index (κ2) is 4.55. The topological polar surface area (TPSA) is 37.3 Å². The fourth-order valence-corrected chi connectivity index (χ4v) is 1.49. The molecule has 0 saturated carbocycles. The van der Waals surface area contributed by atoms with E-state index in [0.29, 0.717) is 0 Å². The number of hydrogen-bond donors (Lipinski definition) is 1. The largest absolute Gasteiger partial charge is 0.481 e. The number of alkyl halides is 3. The molecule has 0 radical (unpaired) electrons. The molecule has 0 spiro atoms. The Morgan fingerprint density at radius 3 is 2.12 bits per heavy atom. The predicted molar refractivity (Wildman–Crippen MR) is 52.0 cm³/mol. The van der Waals surface area contributed by atoms with Gasteiger partial charge in [0.15, 0.2) is 0 Å². The normalized spacial score (nSPS) is 15.5. The van der Waals surface area contributed by atoms with Crippen LogP contribution in [-0.2, 0) is 4.79 Å². The molecule has 1 rings (SSSR count). The molecule has 0 unspecified atom stereocenters. The minimum absolute atomic E-state index is 0.167. The molecule has 0 aliphatic heterocycles. The standard InChI is InChI=1S/C11H11F3O2/c1-7(11(12,13)14)9(10(15)16)8-5-3-2-4-6-8/h2-7,9H,1H3,(H,15,16)/t7-,9+/m1/s1. The van der Waals surface area contributed by atoms with E-state index in [1.807, 2.05) is 0 Å². The Labute approximate surface area is 90.7 Å². The van der Waals surface area contributed by atoms with Crippen LogP contribution in [0, 0.1) is 5.92 Å². The van der Waals surface area contributed by atoms with Gasteiger partial charge >= 0.3 is 12.1 Å². The summed E-state index contributed by atoms with van der Waals surface area (Å²) in [5.74, 6) is -4.93. The van der Waals surface area contributed by atoms with Gasteiger partial charge in [-0.15, -0.1) is 0 Å². The summed E-state index contributed by atoms with van der Waals surface area (Å²) in [6.07, 6.45) is -4.51. The third kappa shape index (κ3) is 2.74. The van der Waals surface area contributed by atoms with Crippen molar-refractivity contribution in [1.82, 2.24) is 0 Å². The number of benzene rings is 1. The van der Waals surface area contributed by atoms with Gasteiger partial charge in [-0.1, -0.05) is 37.3 Å². The molecule has 0 heterocycles. The molecule has 0 bridgehead atoms. The zero-order chi connectivity index (χ0) is 12.3. The molecule has 0 saturated heterocycles. The van der Waals surface area contributed by atoms with Crippen LogP contribution in [-0.4, -0.2) is 17.3 Å². The lowest BCUT2D eigenvalue weighted by molar-refractivity contribution is -0.183. The van der Waals surface area contributed by atoms with Gasteiger partial charge < -0.3 is 5.11 Å². The first kappa shape index (κ1) is 12.5. The lowest BCUT2D eigenvalue weighted by Gasteiger charge is -2.22. The van der Waals surface area contributed by atoms with E-state index in [2.05, 4.69) is 0 Å². The average molecular weight is 232 g/mol. The van der Waals surface area contributed by atoms with Gasteiger partial charge in [-0.3, -0.25) is 4.79 Å². The van der Waals surface area contributed by atoms with Gasteiger partial charge in [-0.25, -0.2) is 0 Å². The predicted octanol–water partition coefficient (Wildman–Crippen LogP) is 3.05. The van der Waals surface area contributed by atoms with Crippen LogP contribution in [0.25, 0.3) is 0 Å². The van der Waals surface area contributed by atoms with Crippen molar-refractivity contribution in [3.8, 4) is 0 Å². The summed E-state index contributed by atoms with van der Waals surface area (Å²) in [6, 6.07) is 7.45. The SMILES string of the molecule is C[C@H]([C@H](C(=O)O)c1ccccc1)C(F)(F)F. The minimum atomic E-state index is -4.51. The second-order valence-corrected chi connectivity index (χ2v) is 3.56. The first-order chi connectivity index (χ1) is 7.34. The lowest BCUT2D eigenvalue weighted by Crippen LogP contribution is -2.31. The van der Waals surface area contributed by atoms with Crippen LogP contribution < -0.4 is 0 Å². The summed E-state index contributed by atoms with van der Waals surface area (Å²) in [4.78, 5) is 10.9. The monoisotopic (exact) mass is 232 g/mol. The van der Waals surface area contributed by atoms with Crippen LogP contribution in [0.4, 0.5) is 13.2 Å². The molecule has 1 aromatic rings. The number of hydrogen-bond acceptors (Lipinski definition) is 1. The minimum Gasteiger partial charge on any atom is -0.481 e. The number of carboxylic acid groups (broad SMARTS) is 1. The van der Waals surface area contributed by atoms with E-state index >= 15 is 0 Å². The third-order valence-electron chi connectivity index (χ3n) is 2.44. The van der Waals surface area contributed by atoms with Crippen LogP contribution in [0.15, 0.2) is 30.3 Å². The fraction of sp³-hybridized carbons (Fsp3) is 0.364. The van der Waals surface area contributed by atoms with Gasteiger partial charge in [0.05, 0.1) is 11.8 Å². The molecule has 16 heavy (non-hydrogen) atoms. The zero-order valence-corrected chi connectivity index (χ0v) is 8.53. The molecule has 0 fully saturated rings. The molecule has 0 aromatic heterocycles. The van der Waals surface area contributed by atoms with E-state index in [9.17, 15) is 18.0 Å². The van der Waals surface area contributed by atoms with Crippen molar-refractivity contribution in [2.75, 3.05) is 0 Å². The van der Waals surface area contributed by atoms with E-state index in [4.69, 9.17) is 5.11 Å². The van der Waals surface area contributed by atoms with Crippen molar-refractivity contribution >= 4 is 5.97 Å². The highest BCUT2D eigenvalue weighted by molar-refractivity contribution is 5.76. The van der Waals surface area contributed by atoms with E-state index in [-0.39, 0.29) is 5.56 Å². The maximum absolute atomic E-state index is 12.5. The van der Waals surface area contributed by atoms with Crippen molar-refractivity contribution in [3.05, 3.63) is 35.9 Å². The summed E-state index contributed by atoms with van der Waals surface area (Å²) < 4.78 is 37.4. The van der Waals surface area contributed by atoms with Gasteiger partial charge in [0, 0.05) is 0 Å². The summed E-state index contributed by atoms with van der Waals surface area (Å²) in [6.45, 7) is 0.881. The fourth-order valence-electron chi connectivity index (χ4n) is 1.49. The number of carboxylic acids is 1. The maximum atomic E-state index is 12.5. The summed E-state index contributed by atoms with van der Waals surface area (Å²) >= 11 is 0. The van der Waals surface area contributed by atoms with Crippen molar-refractivity contribution in [2.24, 2.45) is 5.92 Å². The van der Waals surface area contributed by atoms with Crippen molar-refractivity contribution in [3.63, 3.8) is 0 Å². The highest BCUT2D eigenvalue weighted by Gasteiger charge is 2.44. The van der Waals surface area contributed by atoms with E-state index in [1.54, 1.807) is 6.07 Å². The molecule has 0 amide bonds. The van der Waals surface area contributed by atoms with Gasteiger partial charge in [-0.05, 0) is 5.56 Å². The molecular weight excluding hydrogens is 221 g/mol. The quantitative estimate of drug-likeness (QED) is 0.869. The molecule has 2 nitrogen and oxygen atoms in total. The van der Waals surface area contributed by atoms with Gasteiger partial charge in [-0.2, -0.15) is 13.2 Å². The number of aliphatic carboxylic acids is 1. The zero-order valence-electron chi connectivity index (χ0n) is 8.53. The van der Waals surface area contributed by atoms with Crippen LogP contribution in [0.2, 0.25) is 0 Å². The summed E-state index contributed by atoms with van der Waals surface area (Å²) in [7, 11) is 0. The van der Waals surface area contributed by atoms with Gasteiger partial charge in [0.2, 0.25) is 0 Å². The van der Waals surface area contributed by atoms with Gasteiger partial charge in [0.25, 0.3) is 0 Å². The Kier molecular flexibility index (Phi) is 3.57. The second-order valence-electron chi connectivity index (χ2n) is 3.56. The molecular formula is C11H11F3O2. The Morgan fingerprint density at radius 2 is 1.75 bits per heavy atom. The van der Waals surface area contributed by atoms with Crippen molar-refractivity contribution < 1.29 is 23.1 Å². The molecule has 0 aliphatic rings. The molecule has 2 atom stereocenters. The first-order valence-corrected chi connectivity index (χ1v) is 4.68. The number of carbonyl (C=O) groups is 1. The maximum Gasteiger partial charge on any atom is 0.392 e. The molecule has 1 aromatic carbocycles. The van der Waals surface area contributed by atoms with E-state index in [1.165, 1.54) is 24.3 Å². The van der Waals surface area contributed by atoms with E-state index < -0.39 is 24.0 Å². The first-order valence-electron chi connectivity index (χ1n) is 4.68. The number of halogens is 3. The summed E-state index contributed by atoms with van der Waals surface area (Å²) in [5, 5.41) is 8.86. The third-order valence-corrected chi connectivity index (χ3v) is 2.44. The average Bonchev–Trinajstić information content (AvgIpc) is 2.17. The van der Waals surface area contributed by atoms with Gasteiger partial charge in [0.1, 0.15) is 0 Å². The Balaban J connectivity index is 3.07. The van der Waals surface area contributed by atoms with Crippen LogP contribution in [0.5, 0.6) is 0 Å². The van der Waals surface area contributed by atoms with Crippen LogP contribution in [0.1, 0.15) is 18.4 Å². The highest BCUT2D eigenvalue weighted by atomic mass is 19.4. The Morgan fingerprint density at radius 1 is 1.25 bits per heavy atom. The smallest absolute Gasteiger partial charge is 0.392 e. The lowest BCUT2D eigenvalue weighted by atomic mass is 9.87. The molecule has 5 heteroatoms. The van der Waals surface area contributed by atoms with E-state index in [0.717, 1.165) is 6.92 Å². The molecule has 1 N–H and O–H groups in total. The van der Waals surface area contributed by atoms with Crippen molar-refractivity contribution in [1.29, 1.82) is 0 Å². The molecule has 0 aliphatic carbocycles. The Hall–Kier alpha value is -1.52. The molecule has 88 valence electrons. The Bertz CT molecular complexity index is 359. The van der Waals surface area contributed by atoms with Crippen LogP contribution >= 0.6 is 0 Å². The van der Waals surface area contributed by atoms with Crippen LogP contribution in [0.3, 0.4) is 0 Å². The number of rotatable bonds is 3. The summed E-state index contributed by atoms with van der Waals surface area (Å²) in [5.41, 5.74) is 0.167. The highest BCUT2D eigenvalue weighted by Crippen LogP contribution is 2.37. The van der Waals surface area contributed by atoms with Crippen molar-refractivity contribution in [2.45, 2.75) is 19.0 Å².